The number of aryl methyl sites for hydroxylation is 2. The quantitative estimate of drug-likeness (QED) is 0.879. The molecule has 3 nitrogen and oxygen atoms in total. The molecule has 0 aliphatic carbocycles. The zero-order chi connectivity index (χ0) is 14.0. The van der Waals surface area contributed by atoms with Crippen LogP contribution in [0.15, 0.2) is 36.4 Å². The Bertz CT molecular complexity index is 638. The van der Waals surface area contributed by atoms with E-state index >= 15 is 0 Å². The maximum absolute atomic E-state index is 13.9. The van der Waals surface area contributed by atoms with Crippen LogP contribution in [0.3, 0.4) is 0 Å². The van der Waals surface area contributed by atoms with Gasteiger partial charge < -0.3 is 10.4 Å². The summed E-state index contributed by atoms with van der Waals surface area (Å²) < 4.78 is 13.9. The van der Waals surface area contributed by atoms with Crippen molar-refractivity contribution in [2.45, 2.75) is 13.8 Å². The van der Waals surface area contributed by atoms with E-state index in [1.54, 1.807) is 37.3 Å². The summed E-state index contributed by atoms with van der Waals surface area (Å²) in [5.74, 6) is -1.42. The third-order valence-corrected chi connectivity index (χ3v) is 2.87. The Hall–Kier alpha value is -2.36. The lowest BCUT2D eigenvalue weighted by molar-refractivity contribution is 0.0698. The van der Waals surface area contributed by atoms with Crippen molar-refractivity contribution >= 4 is 17.3 Å². The summed E-state index contributed by atoms with van der Waals surface area (Å²) in [5, 5.41) is 12.0. The number of rotatable bonds is 3. The van der Waals surface area contributed by atoms with Crippen LogP contribution in [0.4, 0.5) is 15.8 Å². The Morgan fingerprint density at radius 2 is 1.89 bits per heavy atom. The maximum Gasteiger partial charge on any atom is 0.337 e. The van der Waals surface area contributed by atoms with E-state index in [0.717, 1.165) is 5.56 Å². The first-order valence-electron chi connectivity index (χ1n) is 5.85. The zero-order valence-electron chi connectivity index (χ0n) is 10.7. The summed E-state index contributed by atoms with van der Waals surface area (Å²) in [5.41, 5.74) is 2.19. The summed E-state index contributed by atoms with van der Waals surface area (Å²) in [6, 6.07) is 9.86. The van der Waals surface area contributed by atoms with Gasteiger partial charge in [0.1, 0.15) is 5.82 Å². The molecule has 0 radical (unpaired) electrons. The van der Waals surface area contributed by atoms with Crippen molar-refractivity contribution < 1.29 is 14.3 Å². The number of nitrogens with one attached hydrogen (secondary N) is 1. The zero-order valence-corrected chi connectivity index (χ0v) is 10.7. The minimum absolute atomic E-state index is 0.117. The lowest BCUT2D eigenvalue weighted by atomic mass is 10.1. The summed E-state index contributed by atoms with van der Waals surface area (Å²) in [4.78, 5) is 11.1. The number of halogens is 1. The van der Waals surface area contributed by atoms with Gasteiger partial charge in [-0.1, -0.05) is 18.2 Å². The molecule has 98 valence electrons. The normalized spacial score (nSPS) is 10.3. The summed E-state index contributed by atoms with van der Waals surface area (Å²) in [7, 11) is 0. The van der Waals surface area contributed by atoms with E-state index in [2.05, 4.69) is 5.32 Å². The molecular weight excluding hydrogens is 245 g/mol. The number of carboxylic acid groups (broad SMARTS) is 1. The van der Waals surface area contributed by atoms with Crippen LogP contribution in [0, 0.1) is 19.7 Å². The van der Waals surface area contributed by atoms with Gasteiger partial charge in [-0.2, -0.15) is 0 Å². The first-order valence-corrected chi connectivity index (χ1v) is 5.85. The average molecular weight is 259 g/mol. The van der Waals surface area contributed by atoms with Gasteiger partial charge in [-0.3, -0.25) is 0 Å². The molecule has 0 spiro atoms. The van der Waals surface area contributed by atoms with Gasteiger partial charge in [0.15, 0.2) is 0 Å². The molecule has 4 heteroatoms. The van der Waals surface area contributed by atoms with Gasteiger partial charge in [0.25, 0.3) is 0 Å². The highest BCUT2D eigenvalue weighted by molar-refractivity contribution is 5.95. The van der Waals surface area contributed by atoms with E-state index < -0.39 is 5.97 Å². The first-order chi connectivity index (χ1) is 8.99. The van der Waals surface area contributed by atoms with Crippen molar-refractivity contribution in [3.63, 3.8) is 0 Å². The molecule has 0 fully saturated rings. The van der Waals surface area contributed by atoms with Gasteiger partial charge >= 0.3 is 5.97 Å². The highest BCUT2D eigenvalue weighted by Crippen LogP contribution is 2.25. The minimum atomic E-state index is -1.05. The second-order valence-corrected chi connectivity index (χ2v) is 4.42. The molecule has 0 unspecified atom stereocenters. The third kappa shape index (κ3) is 2.73. The highest BCUT2D eigenvalue weighted by Gasteiger charge is 2.12. The van der Waals surface area contributed by atoms with Crippen molar-refractivity contribution in [3.05, 3.63) is 58.9 Å². The monoisotopic (exact) mass is 259 g/mol. The van der Waals surface area contributed by atoms with E-state index in [4.69, 9.17) is 5.11 Å². The van der Waals surface area contributed by atoms with Crippen molar-refractivity contribution in [2.75, 3.05) is 5.32 Å². The van der Waals surface area contributed by atoms with Crippen LogP contribution in [-0.4, -0.2) is 11.1 Å². The smallest absolute Gasteiger partial charge is 0.337 e. The van der Waals surface area contributed by atoms with Gasteiger partial charge in [0.2, 0.25) is 0 Å². The number of aromatic carboxylic acids is 1. The molecular formula is C15H14FNO2. The fourth-order valence-electron chi connectivity index (χ4n) is 1.84. The van der Waals surface area contributed by atoms with Crippen LogP contribution >= 0.6 is 0 Å². The van der Waals surface area contributed by atoms with E-state index in [1.807, 2.05) is 6.92 Å². The van der Waals surface area contributed by atoms with Crippen molar-refractivity contribution in [1.29, 1.82) is 0 Å². The van der Waals surface area contributed by atoms with Crippen LogP contribution in [0.5, 0.6) is 0 Å². The summed E-state index contributed by atoms with van der Waals surface area (Å²) in [6.45, 7) is 3.51. The Balaban J connectivity index is 2.45. The predicted octanol–water partition coefficient (Wildman–Crippen LogP) is 3.88. The molecule has 0 aliphatic rings. The molecule has 2 aromatic carbocycles. The molecule has 0 atom stereocenters. The predicted molar refractivity (Wildman–Crippen MR) is 72.6 cm³/mol. The standard InChI is InChI=1S/C15H14FNO2/c1-9-6-7-11(15(18)19)13(8-9)17-12-5-3-4-10(2)14(12)16/h3-8,17H,1-2H3,(H,18,19). The third-order valence-electron chi connectivity index (χ3n) is 2.87. The van der Waals surface area contributed by atoms with Crippen LogP contribution in [0.2, 0.25) is 0 Å². The first kappa shape index (κ1) is 13.1. The van der Waals surface area contributed by atoms with E-state index in [-0.39, 0.29) is 17.1 Å². The number of anilines is 2. The van der Waals surface area contributed by atoms with Crippen LogP contribution in [0.25, 0.3) is 0 Å². The Kier molecular flexibility index (Phi) is 3.51. The Morgan fingerprint density at radius 3 is 2.58 bits per heavy atom. The molecule has 2 N–H and O–H groups in total. The molecule has 0 heterocycles. The second kappa shape index (κ2) is 5.10. The van der Waals surface area contributed by atoms with Gasteiger partial charge in [0.05, 0.1) is 16.9 Å². The molecule has 0 aliphatic heterocycles. The fraction of sp³-hybridized carbons (Fsp3) is 0.133. The van der Waals surface area contributed by atoms with E-state index in [0.29, 0.717) is 11.3 Å². The average Bonchev–Trinajstić information content (AvgIpc) is 2.35. The lowest BCUT2D eigenvalue weighted by Gasteiger charge is -2.12. The molecule has 0 saturated carbocycles. The van der Waals surface area contributed by atoms with Gasteiger partial charge in [-0.25, -0.2) is 9.18 Å². The molecule has 0 amide bonds. The number of carbonyl (C=O) groups is 1. The van der Waals surface area contributed by atoms with Gasteiger partial charge in [-0.05, 0) is 43.2 Å². The fourth-order valence-corrected chi connectivity index (χ4v) is 1.84. The van der Waals surface area contributed by atoms with Crippen molar-refractivity contribution in [2.24, 2.45) is 0 Å². The number of hydrogen-bond acceptors (Lipinski definition) is 2. The number of hydrogen-bond donors (Lipinski definition) is 2. The summed E-state index contributed by atoms with van der Waals surface area (Å²) >= 11 is 0. The molecule has 2 rings (SSSR count). The maximum atomic E-state index is 13.9. The molecule has 0 saturated heterocycles. The molecule has 2 aromatic rings. The Labute approximate surface area is 110 Å². The van der Waals surface area contributed by atoms with Crippen molar-refractivity contribution in [1.82, 2.24) is 0 Å². The van der Waals surface area contributed by atoms with Gasteiger partial charge in [0, 0.05) is 0 Å². The lowest BCUT2D eigenvalue weighted by Crippen LogP contribution is -2.04. The van der Waals surface area contributed by atoms with Crippen molar-refractivity contribution in [3.8, 4) is 0 Å². The minimum Gasteiger partial charge on any atom is -0.478 e. The molecule has 0 bridgehead atoms. The largest absolute Gasteiger partial charge is 0.478 e. The van der Waals surface area contributed by atoms with Crippen LogP contribution in [0.1, 0.15) is 21.5 Å². The van der Waals surface area contributed by atoms with E-state index in [1.165, 1.54) is 6.07 Å². The van der Waals surface area contributed by atoms with Gasteiger partial charge in [-0.15, -0.1) is 0 Å². The Morgan fingerprint density at radius 1 is 1.16 bits per heavy atom. The number of carboxylic acids is 1. The summed E-state index contributed by atoms with van der Waals surface area (Å²) in [6.07, 6.45) is 0. The SMILES string of the molecule is Cc1ccc(C(=O)O)c(Nc2cccc(C)c2F)c1. The van der Waals surface area contributed by atoms with Crippen LogP contribution in [-0.2, 0) is 0 Å². The molecule has 19 heavy (non-hydrogen) atoms. The highest BCUT2D eigenvalue weighted by atomic mass is 19.1. The van der Waals surface area contributed by atoms with Crippen LogP contribution < -0.4 is 5.32 Å². The molecule has 0 aromatic heterocycles. The second-order valence-electron chi connectivity index (χ2n) is 4.42. The van der Waals surface area contributed by atoms with E-state index in [9.17, 15) is 9.18 Å². The topological polar surface area (TPSA) is 49.3 Å². The number of benzene rings is 2.